The quantitative estimate of drug-likeness (QED) is 0.178. The minimum atomic E-state index is -0.218. The van der Waals surface area contributed by atoms with Gasteiger partial charge in [0.2, 0.25) is 0 Å². The van der Waals surface area contributed by atoms with Crippen LogP contribution in [-0.2, 0) is 4.79 Å². The van der Waals surface area contributed by atoms with Crippen LogP contribution in [0.4, 0.5) is 0 Å². The van der Waals surface area contributed by atoms with Crippen molar-refractivity contribution in [1.29, 1.82) is 0 Å². The van der Waals surface area contributed by atoms with Gasteiger partial charge in [-0.25, -0.2) is 5.43 Å². The molecule has 0 atom stereocenters. The second-order valence-corrected chi connectivity index (χ2v) is 9.58. The van der Waals surface area contributed by atoms with Crippen molar-refractivity contribution in [3.8, 4) is 17.1 Å². The van der Waals surface area contributed by atoms with E-state index in [1.54, 1.807) is 18.0 Å². The van der Waals surface area contributed by atoms with E-state index in [-0.39, 0.29) is 11.7 Å². The predicted octanol–water partition coefficient (Wildman–Crippen LogP) is 5.66. The number of amides is 1. The number of carbonyl (C=O) groups is 1. The number of nitrogens with one attached hydrogen (secondary N) is 1. The van der Waals surface area contributed by atoms with Gasteiger partial charge in [0.1, 0.15) is 0 Å². The summed E-state index contributed by atoms with van der Waals surface area (Å²) in [6.45, 7) is 0. The van der Waals surface area contributed by atoms with Crippen molar-refractivity contribution in [2.24, 2.45) is 5.10 Å². The monoisotopic (exact) mass is 537 g/mol. The molecule has 4 aromatic rings. The smallest absolute Gasteiger partial charge is 0.250 e. The number of halogens is 1. The maximum Gasteiger partial charge on any atom is 0.250 e. The molecule has 0 aliphatic heterocycles. The van der Waals surface area contributed by atoms with Gasteiger partial charge in [0.05, 0.1) is 12.0 Å². The molecule has 0 unspecified atom stereocenters. The van der Waals surface area contributed by atoms with Gasteiger partial charge in [0.25, 0.3) is 5.91 Å². The van der Waals surface area contributed by atoms with Crippen LogP contribution in [0.3, 0.4) is 0 Å². The van der Waals surface area contributed by atoms with Crippen LogP contribution in [0.5, 0.6) is 0 Å². The van der Waals surface area contributed by atoms with E-state index >= 15 is 0 Å². The molecule has 1 N–H and O–H groups in total. The fourth-order valence-electron chi connectivity index (χ4n) is 2.99. The first-order chi connectivity index (χ1) is 16.1. The van der Waals surface area contributed by atoms with Crippen LogP contribution in [0.2, 0.25) is 0 Å². The number of thioether (sulfide) groups is 2. The first kappa shape index (κ1) is 23.3. The number of rotatable bonds is 8. The molecular weight excluding hydrogens is 518 g/mol. The summed E-state index contributed by atoms with van der Waals surface area (Å²) in [5.41, 5.74) is 5.36. The summed E-state index contributed by atoms with van der Waals surface area (Å²) in [6.07, 6.45) is 3.66. The van der Waals surface area contributed by atoms with E-state index in [1.165, 1.54) is 16.7 Å². The van der Waals surface area contributed by atoms with Crippen molar-refractivity contribution in [2.75, 3.05) is 12.0 Å². The Morgan fingerprint density at radius 2 is 1.76 bits per heavy atom. The van der Waals surface area contributed by atoms with Crippen molar-refractivity contribution in [3.63, 3.8) is 0 Å². The Morgan fingerprint density at radius 3 is 2.45 bits per heavy atom. The Labute approximate surface area is 209 Å². The van der Waals surface area contributed by atoms with Crippen LogP contribution in [0.15, 0.2) is 98.5 Å². The molecule has 0 aliphatic rings. The summed E-state index contributed by atoms with van der Waals surface area (Å²) < 4.78 is 2.95. The van der Waals surface area contributed by atoms with Gasteiger partial charge >= 0.3 is 0 Å². The van der Waals surface area contributed by atoms with E-state index in [4.69, 9.17) is 0 Å². The molecule has 0 aliphatic carbocycles. The first-order valence-corrected chi connectivity index (χ1v) is 13.0. The summed E-state index contributed by atoms with van der Waals surface area (Å²) in [6, 6.07) is 25.7. The fraction of sp³-hybridized carbons (Fsp3) is 0.0833. The predicted molar refractivity (Wildman–Crippen MR) is 139 cm³/mol. The molecule has 0 bridgehead atoms. The SMILES string of the molecule is CSc1ccc(C=NNC(=O)CSc2nnc(-c3ccc(Br)cc3)n2-c2ccccc2)cc1. The van der Waals surface area contributed by atoms with E-state index in [1.807, 2.05) is 89.7 Å². The van der Waals surface area contributed by atoms with Crippen LogP contribution in [0.25, 0.3) is 17.1 Å². The van der Waals surface area contributed by atoms with E-state index < -0.39 is 0 Å². The van der Waals surface area contributed by atoms with Gasteiger partial charge in [-0.15, -0.1) is 22.0 Å². The molecule has 166 valence electrons. The summed E-state index contributed by atoms with van der Waals surface area (Å²) in [4.78, 5) is 13.5. The lowest BCUT2D eigenvalue weighted by molar-refractivity contribution is -0.118. The van der Waals surface area contributed by atoms with Crippen LogP contribution in [0.1, 0.15) is 5.56 Å². The number of carbonyl (C=O) groups excluding carboxylic acids is 1. The zero-order valence-electron chi connectivity index (χ0n) is 17.7. The zero-order chi connectivity index (χ0) is 23.0. The normalized spacial score (nSPS) is 11.1. The highest BCUT2D eigenvalue weighted by atomic mass is 79.9. The third-order valence-electron chi connectivity index (χ3n) is 4.60. The molecule has 1 amide bonds. The molecule has 0 saturated carbocycles. The number of benzene rings is 3. The molecule has 0 spiro atoms. The lowest BCUT2D eigenvalue weighted by Crippen LogP contribution is -2.20. The maximum absolute atomic E-state index is 12.4. The highest BCUT2D eigenvalue weighted by molar-refractivity contribution is 9.10. The van der Waals surface area contributed by atoms with Crippen molar-refractivity contribution in [2.45, 2.75) is 10.1 Å². The van der Waals surface area contributed by atoms with E-state index in [0.29, 0.717) is 11.0 Å². The van der Waals surface area contributed by atoms with Crippen molar-refractivity contribution >= 4 is 51.6 Å². The summed E-state index contributed by atoms with van der Waals surface area (Å²) in [7, 11) is 0. The topological polar surface area (TPSA) is 72.2 Å². The van der Waals surface area contributed by atoms with Crippen molar-refractivity contribution in [1.82, 2.24) is 20.2 Å². The molecule has 0 radical (unpaired) electrons. The average molecular weight is 538 g/mol. The van der Waals surface area contributed by atoms with Crippen LogP contribution in [-0.4, -0.2) is 38.9 Å². The van der Waals surface area contributed by atoms with Crippen molar-refractivity contribution < 1.29 is 4.79 Å². The van der Waals surface area contributed by atoms with Crippen LogP contribution >= 0.6 is 39.5 Å². The second-order valence-electron chi connectivity index (χ2n) is 6.84. The summed E-state index contributed by atoms with van der Waals surface area (Å²) in [5.74, 6) is 0.654. The maximum atomic E-state index is 12.4. The Kier molecular flexibility index (Phi) is 7.98. The minimum Gasteiger partial charge on any atom is -0.272 e. The number of para-hydroxylation sites is 1. The summed E-state index contributed by atoms with van der Waals surface area (Å²) in [5, 5.41) is 13.4. The molecule has 0 saturated heterocycles. The van der Waals surface area contributed by atoms with Gasteiger partial charge in [-0.05, 0) is 48.2 Å². The summed E-state index contributed by atoms with van der Waals surface area (Å²) >= 11 is 6.46. The van der Waals surface area contributed by atoms with Gasteiger partial charge in [0, 0.05) is 20.6 Å². The molecule has 9 heteroatoms. The van der Waals surface area contributed by atoms with Gasteiger partial charge in [-0.1, -0.05) is 70.2 Å². The average Bonchev–Trinajstić information content (AvgIpc) is 3.28. The van der Waals surface area contributed by atoms with Gasteiger partial charge in [-0.3, -0.25) is 9.36 Å². The van der Waals surface area contributed by atoms with Crippen LogP contribution in [0, 0.1) is 0 Å². The molecule has 0 fully saturated rings. The minimum absolute atomic E-state index is 0.161. The van der Waals surface area contributed by atoms with E-state index in [9.17, 15) is 4.79 Å². The largest absolute Gasteiger partial charge is 0.272 e. The molecule has 1 aromatic heterocycles. The van der Waals surface area contributed by atoms with Crippen LogP contribution < -0.4 is 5.43 Å². The molecule has 33 heavy (non-hydrogen) atoms. The number of hydrogen-bond acceptors (Lipinski definition) is 6. The number of hydrogen-bond donors (Lipinski definition) is 1. The fourth-order valence-corrected chi connectivity index (χ4v) is 4.41. The number of aromatic nitrogens is 3. The third-order valence-corrected chi connectivity index (χ3v) is 6.80. The van der Waals surface area contributed by atoms with Gasteiger partial charge < -0.3 is 0 Å². The highest BCUT2D eigenvalue weighted by Gasteiger charge is 2.17. The number of hydrazone groups is 1. The van der Waals surface area contributed by atoms with Gasteiger partial charge in [0.15, 0.2) is 11.0 Å². The standard InChI is InChI=1S/C24H20BrN5OS2/c1-32-21-13-7-17(8-14-21)15-26-27-22(31)16-33-24-29-28-23(18-9-11-19(25)12-10-18)30(24)20-5-3-2-4-6-20/h2-15H,16H2,1H3,(H,27,31). The Morgan fingerprint density at radius 1 is 1.03 bits per heavy atom. The molecule has 1 heterocycles. The lowest BCUT2D eigenvalue weighted by atomic mass is 10.2. The molecule has 4 rings (SSSR count). The Hall–Kier alpha value is -2.88. The number of nitrogens with zero attached hydrogens (tertiary/aromatic N) is 4. The molecule has 6 nitrogen and oxygen atoms in total. The third kappa shape index (κ3) is 6.13. The van der Waals surface area contributed by atoms with Crippen molar-refractivity contribution in [3.05, 3.63) is 88.9 Å². The Balaban J connectivity index is 1.46. The Bertz CT molecular complexity index is 1240. The highest BCUT2D eigenvalue weighted by Crippen LogP contribution is 2.28. The lowest BCUT2D eigenvalue weighted by Gasteiger charge is -2.10. The van der Waals surface area contributed by atoms with Gasteiger partial charge in [-0.2, -0.15) is 5.10 Å². The van der Waals surface area contributed by atoms with E-state index in [2.05, 4.69) is 36.7 Å². The zero-order valence-corrected chi connectivity index (χ0v) is 20.9. The first-order valence-electron chi connectivity index (χ1n) is 9.99. The molecular formula is C24H20BrN5OS2. The van der Waals surface area contributed by atoms with E-state index in [0.717, 1.165) is 21.3 Å². The molecule has 3 aromatic carbocycles. The second kappa shape index (κ2) is 11.3.